The predicted molar refractivity (Wildman–Crippen MR) is 84.6 cm³/mol. The van der Waals surface area contributed by atoms with E-state index in [1.807, 2.05) is 20.8 Å². The Balaban J connectivity index is 1.84. The summed E-state index contributed by atoms with van der Waals surface area (Å²) in [4.78, 5) is 26.2. The van der Waals surface area contributed by atoms with Gasteiger partial charge in [0, 0.05) is 25.7 Å². The van der Waals surface area contributed by atoms with Gasteiger partial charge in [0.15, 0.2) is 0 Å². The number of ether oxygens (including phenoxy) is 1. The Labute approximate surface area is 132 Å². The van der Waals surface area contributed by atoms with Crippen LogP contribution in [0.3, 0.4) is 0 Å². The van der Waals surface area contributed by atoms with Gasteiger partial charge in [-0.15, -0.1) is 0 Å². The van der Waals surface area contributed by atoms with E-state index < -0.39 is 5.60 Å². The highest BCUT2D eigenvalue weighted by atomic mass is 16.6. The SMILES string of the molecule is CC(C)(C)OC(=O)N1CCC[C@H](C(=O)N[C@H]2CCCNC2)C1. The lowest BCUT2D eigenvalue weighted by Crippen LogP contribution is -2.51. The third-order valence-corrected chi connectivity index (χ3v) is 4.09. The van der Waals surface area contributed by atoms with E-state index in [1.54, 1.807) is 4.90 Å². The molecule has 6 nitrogen and oxygen atoms in total. The Hall–Kier alpha value is -1.30. The van der Waals surface area contributed by atoms with E-state index in [9.17, 15) is 9.59 Å². The van der Waals surface area contributed by atoms with Crippen LogP contribution in [0.15, 0.2) is 0 Å². The van der Waals surface area contributed by atoms with Gasteiger partial charge in [-0.05, 0) is 53.0 Å². The van der Waals surface area contributed by atoms with E-state index in [0.717, 1.165) is 38.8 Å². The van der Waals surface area contributed by atoms with Crippen LogP contribution in [0.2, 0.25) is 0 Å². The van der Waals surface area contributed by atoms with Gasteiger partial charge in [0.05, 0.1) is 5.92 Å². The molecule has 0 saturated carbocycles. The number of carbonyl (C=O) groups is 2. The zero-order chi connectivity index (χ0) is 16.2. The Morgan fingerprint density at radius 3 is 2.64 bits per heavy atom. The van der Waals surface area contributed by atoms with Crippen molar-refractivity contribution < 1.29 is 14.3 Å². The van der Waals surface area contributed by atoms with Crippen LogP contribution in [-0.4, -0.2) is 54.7 Å². The van der Waals surface area contributed by atoms with Gasteiger partial charge in [0.2, 0.25) is 5.91 Å². The number of piperidine rings is 2. The first kappa shape index (κ1) is 17.1. The average Bonchev–Trinajstić information content (AvgIpc) is 2.46. The highest BCUT2D eigenvalue weighted by Gasteiger charge is 2.31. The van der Waals surface area contributed by atoms with Gasteiger partial charge in [-0.1, -0.05) is 0 Å². The normalized spacial score (nSPS) is 26.4. The van der Waals surface area contributed by atoms with Crippen molar-refractivity contribution >= 4 is 12.0 Å². The molecule has 2 amide bonds. The van der Waals surface area contributed by atoms with Crippen LogP contribution in [0.1, 0.15) is 46.5 Å². The highest BCUT2D eigenvalue weighted by Crippen LogP contribution is 2.20. The molecule has 0 bridgehead atoms. The fraction of sp³-hybridized carbons (Fsp3) is 0.875. The van der Waals surface area contributed by atoms with E-state index in [2.05, 4.69) is 10.6 Å². The standard InChI is InChI=1S/C16H29N3O3/c1-16(2,3)22-15(21)19-9-5-6-12(11-19)14(20)18-13-7-4-8-17-10-13/h12-13,17H,4-11H2,1-3H3,(H,18,20)/t12-,13-/m0/s1. The molecule has 0 spiro atoms. The number of amides is 2. The van der Waals surface area contributed by atoms with Crippen molar-refractivity contribution in [3.05, 3.63) is 0 Å². The van der Waals surface area contributed by atoms with Crippen LogP contribution >= 0.6 is 0 Å². The molecule has 2 aliphatic rings. The maximum atomic E-state index is 12.4. The summed E-state index contributed by atoms with van der Waals surface area (Å²) in [5, 5.41) is 6.41. The fourth-order valence-electron chi connectivity index (χ4n) is 2.98. The van der Waals surface area contributed by atoms with Gasteiger partial charge in [-0.3, -0.25) is 4.79 Å². The van der Waals surface area contributed by atoms with Crippen molar-refractivity contribution in [1.82, 2.24) is 15.5 Å². The molecule has 0 aliphatic carbocycles. The maximum Gasteiger partial charge on any atom is 0.410 e. The first-order chi connectivity index (χ1) is 10.3. The molecule has 0 aromatic rings. The summed E-state index contributed by atoms with van der Waals surface area (Å²) in [7, 11) is 0. The van der Waals surface area contributed by atoms with E-state index in [1.165, 1.54) is 0 Å². The summed E-state index contributed by atoms with van der Waals surface area (Å²) in [6, 6.07) is 0.221. The summed E-state index contributed by atoms with van der Waals surface area (Å²) < 4.78 is 5.40. The zero-order valence-electron chi connectivity index (χ0n) is 14.0. The van der Waals surface area contributed by atoms with Gasteiger partial charge < -0.3 is 20.3 Å². The average molecular weight is 311 g/mol. The molecule has 2 saturated heterocycles. The monoisotopic (exact) mass is 311 g/mol. The summed E-state index contributed by atoms with van der Waals surface area (Å²) in [5.74, 6) is -0.0508. The number of carbonyl (C=O) groups excluding carboxylic acids is 2. The van der Waals surface area contributed by atoms with Gasteiger partial charge in [-0.25, -0.2) is 4.79 Å². The molecule has 6 heteroatoms. The second-order valence-electron chi connectivity index (χ2n) is 7.32. The maximum absolute atomic E-state index is 12.4. The number of nitrogens with one attached hydrogen (secondary N) is 2. The van der Waals surface area contributed by atoms with Crippen LogP contribution in [0, 0.1) is 5.92 Å². The molecule has 126 valence electrons. The van der Waals surface area contributed by atoms with Crippen molar-refractivity contribution in [2.24, 2.45) is 5.92 Å². The van der Waals surface area contributed by atoms with Gasteiger partial charge in [-0.2, -0.15) is 0 Å². The smallest absolute Gasteiger partial charge is 0.410 e. The van der Waals surface area contributed by atoms with E-state index >= 15 is 0 Å². The molecular formula is C16H29N3O3. The predicted octanol–water partition coefficient (Wildman–Crippen LogP) is 1.50. The molecule has 0 aromatic heterocycles. The van der Waals surface area contributed by atoms with E-state index in [0.29, 0.717) is 13.1 Å². The fourth-order valence-corrected chi connectivity index (χ4v) is 2.98. The van der Waals surface area contributed by atoms with Crippen LogP contribution < -0.4 is 10.6 Å². The molecule has 0 unspecified atom stereocenters. The largest absolute Gasteiger partial charge is 0.444 e. The summed E-state index contributed by atoms with van der Waals surface area (Å²) in [6.07, 6.45) is 3.50. The minimum absolute atomic E-state index is 0.0713. The molecule has 2 aliphatic heterocycles. The Bertz CT molecular complexity index is 400. The second kappa shape index (κ2) is 7.31. The first-order valence-corrected chi connectivity index (χ1v) is 8.34. The summed E-state index contributed by atoms with van der Waals surface area (Å²) in [6.45, 7) is 8.57. The van der Waals surface area contributed by atoms with Crippen molar-refractivity contribution in [2.75, 3.05) is 26.2 Å². The molecule has 2 atom stereocenters. The van der Waals surface area contributed by atoms with Gasteiger partial charge in [0.1, 0.15) is 5.60 Å². The molecule has 0 aromatic carbocycles. The number of rotatable bonds is 2. The quantitative estimate of drug-likeness (QED) is 0.811. The van der Waals surface area contributed by atoms with Crippen LogP contribution in [0.4, 0.5) is 4.79 Å². The second-order valence-corrected chi connectivity index (χ2v) is 7.32. The van der Waals surface area contributed by atoms with Crippen LogP contribution in [0.5, 0.6) is 0 Å². The number of hydrogen-bond acceptors (Lipinski definition) is 4. The Kier molecular flexibility index (Phi) is 5.67. The molecule has 2 rings (SSSR count). The summed E-state index contributed by atoms with van der Waals surface area (Å²) >= 11 is 0. The van der Waals surface area contributed by atoms with Gasteiger partial charge in [0.25, 0.3) is 0 Å². The zero-order valence-corrected chi connectivity index (χ0v) is 14.0. The van der Waals surface area contributed by atoms with E-state index in [4.69, 9.17) is 4.74 Å². The molecule has 22 heavy (non-hydrogen) atoms. The molecule has 2 fully saturated rings. The third kappa shape index (κ3) is 5.16. The lowest BCUT2D eigenvalue weighted by Gasteiger charge is -2.34. The van der Waals surface area contributed by atoms with Crippen molar-refractivity contribution in [3.8, 4) is 0 Å². The third-order valence-electron chi connectivity index (χ3n) is 4.09. The lowest BCUT2D eigenvalue weighted by molar-refractivity contribution is -0.127. The topological polar surface area (TPSA) is 70.7 Å². The molecular weight excluding hydrogens is 282 g/mol. The molecule has 2 heterocycles. The highest BCUT2D eigenvalue weighted by molar-refractivity contribution is 5.80. The Morgan fingerprint density at radius 2 is 2.00 bits per heavy atom. The van der Waals surface area contributed by atoms with Crippen molar-refractivity contribution in [1.29, 1.82) is 0 Å². The van der Waals surface area contributed by atoms with Crippen LogP contribution in [0.25, 0.3) is 0 Å². The van der Waals surface area contributed by atoms with Gasteiger partial charge >= 0.3 is 6.09 Å². The number of nitrogens with zero attached hydrogens (tertiary/aromatic N) is 1. The molecule has 2 N–H and O–H groups in total. The Morgan fingerprint density at radius 1 is 1.23 bits per heavy atom. The minimum Gasteiger partial charge on any atom is -0.444 e. The first-order valence-electron chi connectivity index (χ1n) is 8.34. The lowest BCUT2D eigenvalue weighted by atomic mass is 9.96. The minimum atomic E-state index is -0.500. The molecule has 0 radical (unpaired) electrons. The van der Waals surface area contributed by atoms with Crippen molar-refractivity contribution in [3.63, 3.8) is 0 Å². The van der Waals surface area contributed by atoms with Crippen molar-refractivity contribution in [2.45, 2.75) is 58.1 Å². The number of likely N-dealkylation sites (tertiary alicyclic amines) is 1. The van der Waals surface area contributed by atoms with E-state index in [-0.39, 0.29) is 24.0 Å². The summed E-state index contributed by atoms with van der Waals surface area (Å²) in [5.41, 5.74) is -0.500. The van der Waals surface area contributed by atoms with Crippen LogP contribution in [-0.2, 0) is 9.53 Å². The number of hydrogen-bond donors (Lipinski definition) is 2.